The minimum absolute atomic E-state index is 0. The van der Waals surface area contributed by atoms with E-state index in [1.165, 1.54) is 6.42 Å². The van der Waals surface area contributed by atoms with Crippen molar-refractivity contribution in [3.05, 3.63) is 0 Å². The van der Waals surface area contributed by atoms with E-state index >= 15 is 0 Å². The topological polar surface area (TPSA) is 37.3 Å². The molecule has 0 saturated heterocycles. The van der Waals surface area contributed by atoms with Gasteiger partial charge in [-0.2, -0.15) is 0 Å². The van der Waals surface area contributed by atoms with E-state index < -0.39 is 5.97 Å². The van der Waals surface area contributed by atoms with Crippen molar-refractivity contribution in [2.45, 2.75) is 39.0 Å². The van der Waals surface area contributed by atoms with Gasteiger partial charge in [0.15, 0.2) is 0 Å². The van der Waals surface area contributed by atoms with Crippen LogP contribution in [0.3, 0.4) is 0 Å². The summed E-state index contributed by atoms with van der Waals surface area (Å²) in [5.41, 5.74) is 0. The summed E-state index contributed by atoms with van der Waals surface area (Å²) in [7, 11) is 0. The van der Waals surface area contributed by atoms with Gasteiger partial charge in [0.1, 0.15) is 0 Å². The molecule has 0 aliphatic heterocycles. The Kier molecular flexibility index (Phi) is 36.2. The molecule has 0 radical (unpaired) electrons. The first-order chi connectivity index (χ1) is 4.27. The minimum atomic E-state index is -0.675. The summed E-state index contributed by atoms with van der Waals surface area (Å²) in [5, 5.41) is 8.21. The van der Waals surface area contributed by atoms with E-state index in [2.05, 4.69) is 6.92 Å². The Morgan fingerprint density at radius 2 is 1.67 bits per heavy atom. The second-order valence-corrected chi connectivity index (χ2v) is 2.20. The number of carbonyl (C=O) groups is 1. The Morgan fingerprint density at radius 3 is 2.00 bits per heavy atom. The number of hydrogen-bond acceptors (Lipinski definition) is 1. The molecule has 0 aromatic rings. The molecule has 78 valence electrons. The molecule has 0 aromatic heterocycles. The Hall–Kier alpha value is 1.72. The molecular weight excluding hydrogens is 497 g/mol. The van der Waals surface area contributed by atoms with E-state index in [-0.39, 0.29) is 71.6 Å². The third kappa shape index (κ3) is 22.6. The SMILES string of the molecule is CCCCCCC(=O)O.I.I.[TeH2]. The first-order valence-corrected chi connectivity index (χ1v) is 3.49. The van der Waals surface area contributed by atoms with Crippen LogP contribution in [0.1, 0.15) is 39.0 Å². The number of unbranched alkanes of at least 4 members (excludes halogenated alkanes) is 3. The van der Waals surface area contributed by atoms with Crippen LogP contribution in [0.4, 0.5) is 0 Å². The molecule has 0 atom stereocenters. The molecule has 0 saturated carbocycles. The number of halogens is 2. The van der Waals surface area contributed by atoms with E-state index in [0.717, 1.165) is 19.3 Å². The number of aliphatic carboxylic acids is 1. The molecule has 0 aromatic carbocycles. The predicted octanol–water partition coefficient (Wildman–Crippen LogP) is 2.36. The molecule has 12 heavy (non-hydrogen) atoms. The van der Waals surface area contributed by atoms with Gasteiger partial charge in [-0.3, -0.25) is 4.79 Å². The zero-order chi connectivity index (χ0) is 7.11. The van der Waals surface area contributed by atoms with Gasteiger partial charge in [-0.25, -0.2) is 0 Å². The zero-order valence-corrected chi connectivity index (χ0v) is 14.7. The third-order valence-electron chi connectivity index (χ3n) is 1.24. The van der Waals surface area contributed by atoms with Crippen molar-refractivity contribution in [1.82, 2.24) is 0 Å². The molecule has 5 heteroatoms. The van der Waals surface area contributed by atoms with Crippen molar-refractivity contribution < 1.29 is 9.90 Å². The summed E-state index contributed by atoms with van der Waals surface area (Å²) in [6.45, 7) is 2.11. The zero-order valence-electron chi connectivity index (χ0n) is 7.21. The van der Waals surface area contributed by atoms with Crippen molar-refractivity contribution in [2.75, 3.05) is 0 Å². The Balaban J connectivity index is -0.000000107. The second kappa shape index (κ2) is 18.5. The quantitative estimate of drug-likeness (QED) is 0.347. The average molecular weight is 516 g/mol. The second-order valence-electron chi connectivity index (χ2n) is 2.20. The van der Waals surface area contributed by atoms with Crippen LogP contribution in [0.2, 0.25) is 0 Å². The van der Waals surface area contributed by atoms with Gasteiger partial charge in [0.25, 0.3) is 0 Å². The van der Waals surface area contributed by atoms with Gasteiger partial charge in [-0.1, -0.05) is 26.2 Å². The number of rotatable bonds is 5. The summed E-state index contributed by atoms with van der Waals surface area (Å²) in [6, 6.07) is 0. The Bertz CT molecular complexity index is 91.5. The molecule has 1 N–H and O–H groups in total. The van der Waals surface area contributed by atoms with Crippen LogP contribution in [0.25, 0.3) is 0 Å². The Labute approximate surface area is 125 Å². The fourth-order valence-electron chi connectivity index (χ4n) is 0.703. The summed E-state index contributed by atoms with van der Waals surface area (Å²) >= 11 is 0. The summed E-state index contributed by atoms with van der Waals surface area (Å²) in [6.07, 6.45) is 4.55. The number of hydrogen-bond donors (Lipinski definition) is 1. The standard InChI is InChI=1S/C7H14O2.2HI.H2Te/c1-2-3-4-5-6-7(8)9;;;/h2-6H2,1H3,(H,8,9);2*1H;1H2. The van der Waals surface area contributed by atoms with Crippen molar-refractivity contribution in [1.29, 1.82) is 0 Å². The van der Waals surface area contributed by atoms with Gasteiger partial charge in [0, 0.05) is 6.42 Å². The molecule has 0 fully saturated rings. The summed E-state index contributed by atoms with van der Waals surface area (Å²) < 4.78 is 0. The normalized spacial score (nSPS) is 7.08. The van der Waals surface area contributed by atoms with E-state index in [9.17, 15) is 4.79 Å². The molecule has 0 spiro atoms. The van der Waals surface area contributed by atoms with Crippen LogP contribution < -0.4 is 0 Å². The molecule has 0 aliphatic carbocycles. The first kappa shape index (κ1) is 23.5. The molecular formula is C7H18I2O2Te. The summed E-state index contributed by atoms with van der Waals surface area (Å²) in [5.74, 6) is -0.675. The van der Waals surface area contributed by atoms with Gasteiger partial charge < -0.3 is 5.11 Å². The predicted molar refractivity (Wildman–Crippen MR) is 75.8 cm³/mol. The maximum absolute atomic E-state index is 9.96. The van der Waals surface area contributed by atoms with Crippen LogP contribution in [-0.2, 0) is 4.79 Å². The molecule has 0 amide bonds. The first-order valence-electron chi connectivity index (χ1n) is 3.49. The monoisotopic (exact) mass is 518 g/mol. The van der Waals surface area contributed by atoms with Crippen LogP contribution in [0, 0.1) is 0 Å². The fraction of sp³-hybridized carbons (Fsp3) is 0.857. The van der Waals surface area contributed by atoms with E-state index in [1.807, 2.05) is 0 Å². The van der Waals surface area contributed by atoms with Crippen LogP contribution >= 0.6 is 48.0 Å². The van der Waals surface area contributed by atoms with Crippen LogP contribution in [0.15, 0.2) is 0 Å². The van der Waals surface area contributed by atoms with Gasteiger partial charge in [-0.15, -0.1) is 48.0 Å². The maximum atomic E-state index is 9.96. The molecule has 0 unspecified atom stereocenters. The molecule has 0 aliphatic rings. The number of carboxylic acid groups (broad SMARTS) is 1. The molecule has 0 bridgehead atoms. The van der Waals surface area contributed by atoms with Gasteiger partial charge in [0.05, 0.1) is 0 Å². The Morgan fingerprint density at radius 1 is 1.17 bits per heavy atom. The molecule has 0 heterocycles. The van der Waals surface area contributed by atoms with E-state index in [0.29, 0.717) is 6.42 Å². The van der Waals surface area contributed by atoms with Crippen molar-refractivity contribution in [3.63, 3.8) is 0 Å². The van der Waals surface area contributed by atoms with Crippen molar-refractivity contribution in [2.24, 2.45) is 0 Å². The third-order valence-corrected chi connectivity index (χ3v) is 1.24. The summed E-state index contributed by atoms with van der Waals surface area (Å²) in [4.78, 5) is 9.96. The molecule has 0 rings (SSSR count). The van der Waals surface area contributed by atoms with E-state index in [4.69, 9.17) is 5.11 Å². The van der Waals surface area contributed by atoms with Crippen LogP contribution in [-0.4, -0.2) is 34.7 Å². The van der Waals surface area contributed by atoms with E-state index in [1.54, 1.807) is 0 Å². The molecule has 2 nitrogen and oxygen atoms in total. The van der Waals surface area contributed by atoms with Gasteiger partial charge >= 0.3 is 29.6 Å². The van der Waals surface area contributed by atoms with Gasteiger partial charge in [-0.05, 0) is 6.42 Å². The van der Waals surface area contributed by atoms with Crippen molar-refractivity contribution in [3.8, 4) is 0 Å². The average Bonchev–Trinajstić information content (AvgIpc) is 1.80. The fourth-order valence-corrected chi connectivity index (χ4v) is 0.703. The number of carboxylic acids is 1. The van der Waals surface area contributed by atoms with Crippen LogP contribution in [0.5, 0.6) is 0 Å². The van der Waals surface area contributed by atoms with Gasteiger partial charge in [0.2, 0.25) is 0 Å². The van der Waals surface area contributed by atoms with Crippen molar-refractivity contribution >= 4 is 77.6 Å².